The van der Waals surface area contributed by atoms with Crippen LogP contribution in [0.5, 0.6) is 0 Å². The molecule has 0 spiro atoms. The second-order valence-electron chi connectivity index (χ2n) is 7.58. The van der Waals surface area contributed by atoms with E-state index in [0.717, 1.165) is 31.3 Å². The molecule has 1 aromatic carbocycles. The fraction of sp³-hybridized carbons (Fsp3) is 0.600. The number of benzene rings is 1. The highest BCUT2D eigenvalue weighted by Gasteiger charge is 2.29. The van der Waals surface area contributed by atoms with Crippen LogP contribution in [-0.4, -0.2) is 75.7 Å². The first kappa shape index (κ1) is 17.6. The predicted octanol–water partition coefficient (Wildman–Crippen LogP) is 2.07. The molecule has 2 aliphatic heterocycles. The molecule has 2 aliphatic rings. The average molecular weight is 355 g/mol. The van der Waals surface area contributed by atoms with Crippen LogP contribution in [0.1, 0.15) is 36.1 Å². The van der Waals surface area contributed by atoms with E-state index in [-0.39, 0.29) is 0 Å². The van der Waals surface area contributed by atoms with Crippen LogP contribution in [0.2, 0.25) is 0 Å². The number of rotatable bonds is 6. The van der Waals surface area contributed by atoms with Crippen molar-refractivity contribution in [2.24, 2.45) is 0 Å². The number of piperazine rings is 1. The molecular weight excluding hydrogens is 324 g/mol. The Balaban J connectivity index is 1.22. The van der Waals surface area contributed by atoms with Crippen molar-refractivity contribution >= 4 is 0 Å². The van der Waals surface area contributed by atoms with Crippen LogP contribution < -0.4 is 0 Å². The Morgan fingerprint density at radius 1 is 1.00 bits per heavy atom. The number of likely N-dealkylation sites (tertiary alicyclic amines) is 1. The van der Waals surface area contributed by atoms with Gasteiger partial charge in [-0.1, -0.05) is 30.3 Å². The highest BCUT2D eigenvalue weighted by atomic mass is 15.3. The minimum Gasteiger partial charge on any atom is -0.300 e. The van der Waals surface area contributed by atoms with E-state index in [1.807, 2.05) is 6.92 Å². The molecule has 140 valence electrons. The number of H-pyrrole nitrogens is 1. The quantitative estimate of drug-likeness (QED) is 0.861. The van der Waals surface area contributed by atoms with E-state index in [1.165, 1.54) is 51.1 Å². The third-order valence-corrected chi connectivity index (χ3v) is 5.69. The molecule has 4 rings (SSSR count). The standard InChI is InChI=1S/C20H30N6/c1-17-21-20(23-22-17)19-8-5-9-26(19)15-14-24-10-12-25(13-11-24)16-18-6-3-2-4-7-18/h2-4,6-7,19H,5,8-16H2,1H3,(H,21,22,23)/t19-/m1/s1. The van der Waals surface area contributed by atoms with Crippen LogP contribution in [0.25, 0.3) is 0 Å². The number of aromatic amines is 1. The number of hydrogen-bond donors (Lipinski definition) is 1. The minimum absolute atomic E-state index is 0.402. The van der Waals surface area contributed by atoms with Gasteiger partial charge in [-0.2, -0.15) is 5.10 Å². The molecule has 1 aromatic heterocycles. The molecule has 2 saturated heterocycles. The fourth-order valence-electron chi connectivity index (χ4n) is 4.18. The molecule has 0 amide bonds. The monoisotopic (exact) mass is 354 g/mol. The van der Waals surface area contributed by atoms with Crippen molar-refractivity contribution in [1.29, 1.82) is 0 Å². The van der Waals surface area contributed by atoms with Gasteiger partial charge in [0.2, 0.25) is 0 Å². The Kier molecular flexibility index (Phi) is 5.62. The highest BCUT2D eigenvalue weighted by Crippen LogP contribution is 2.29. The van der Waals surface area contributed by atoms with Gasteiger partial charge in [-0.05, 0) is 31.9 Å². The first-order chi connectivity index (χ1) is 12.8. The van der Waals surface area contributed by atoms with E-state index in [0.29, 0.717) is 6.04 Å². The van der Waals surface area contributed by atoms with Crippen LogP contribution in [0.15, 0.2) is 30.3 Å². The van der Waals surface area contributed by atoms with Gasteiger partial charge in [0.1, 0.15) is 5.82 Å². The topological polar surface area (TPSA) is 51.3 Å². The Morgan fingerprint density at radius 2 is 1.77 bits per heavy atom. The summed E-state index contributed by atoms with van der Waals surface area (Å²) in [5, 5.41) is 7.39. The van der Waals surface area contributed by atoms with Crippen LogP contribution in [-0.2, 0) is 6.54 Å². The van der Waals surface area contributed by atoms with E-state index in [2.05, 4.69) is 60.2 Å². The van der Waals surface area contributed by atoms with Gasteiger partial charge in [0.25, 0.3) is 0 Å². The summed E-state index contributed by atoms with van der Waals surface area (Å²) in [6.45, 7) is 11.2. The zero-order valence-electron chi connectivity index (χ0n) is 15.8. The summed E-state index contributed by atoms with van der Waals surface area (Å²) in [4.78, 5) is 12.3. The summed E-state index contributed by atoms with van der Waals surface area (Å²) in [5.41, 5.74) is 1.42. The lowest BCUT2D eigenvalue weighted by molar-refractivity contribution is 0.111. The molecule has 6 nitrogen and oxygen atoms in total. The molecule has 0 saturated carbocycles. The van der Waals surface area contributed by atoms with Gasteiger partial charge in [0.15, 0.2) is 5.82 Å². The van der Waals surface area contributed by atoms with E-state index in [1.54, 1.807) is 0 Å². The third kappa shape index (κ3) is 4.31. The van der Waals surface area contributed by atoms with Crippen LogP contribution in [0, 0.1) is 6.92 Å². The van der Waals surface area contributed by atoms with Crippen molar-refractivity contribution in [3.63, 3.8) is 0 Å². The summed E-state index contributed by atoms with van der Waals surface area (Å²) in [6, 6.07) is 11.2. The molecular formula is C20H30N6. The Bertz CT molecular complexity index is 677. The summed E-state index contributed by atoms with van der Waals surface area (Å²) in [7, 11) is 0. The molecule has 1 atom stereocenters. The number of aromatic nitrogens is 3. The van der Waals surface area contributed by atoms with Crippen molar-refractivity contribution in [3.8, 4) is 0 Å². The maximum absolute atomic E-state index is 4.56. The Labute approximate surface area is 156 Å². The lowest BCUT2D eigenvalue weighted by Gasteiger charge is -2.36. The summed E-state index contributed by atoms with van der Waals surface area (Å²) >= 11 is 0. The molecule has 26 heavy (non-hydrogen) atoms. The zero-order valence-corrected chi connectivity index (χ0v) is 15.8. The maximum Gasteiger partial charge on any atom is 0.167 e. The van der Waals surface area contributed by atoms with Gasteiger partial charge in [0.05, 0.1) is 6.04 Å². The smallest absolute Gasteiger partial charge is 0.167 e. The SMILES string of the molecule is Cc1nc([C@H]2CCCN2CCN2CCN(Cc3ccccc3)CC2)n[nH]1. The van der Waals surface area contributed by atoms with Gasteiger partial charge < -0.3 is 0 Å². The van der Waals surface area contributed by atoms with Gasteiger partial charge in [-0.3, -0.25) is 19.8 Å². The molecule has 0 unspecified atom stereocenters. The highest BCUT2D eigenvalue weighted by molar-refractivity contribution is 5.14. The molecule has 2 fully saturated rings. The Hall–Kier alpha value is -1.76. The molecule has 3 heterocycles. The first-order valence-electron chi connectivity index (χ1n) is 9.89. The lowest BCUT2D eigenvalue weighted by Crippen LogP contribution is -2.48. The normalized spacial score (nSPS) is 22.9. The van der Waals surface area contributed by atoms with Crippen molar-refractivity contribution < 1.29 is 0 Å². The maximum atomic E-state index is 4.56. The molecule has 0 radical (unpaired) electrons. The van der Waals surface area contributed by atoms with Crippen molar-refractivity contribution in [1.82, 2.24) is 29.9 Å². The summed E-state index contributed by atoms with van der Waals surface area (Å²) < 4.78 is 0. The number of nitrogens with one attached hydrogen (secondary N) is 1. The number of aryl methyl sites for hydroxylation is 1. The molecule has 6 heteroatoms. The lowest BCUT2D eigenvalue weighted by atomic mass is 10.2. The van der Waals surface area contributed by atoms with E-state index < -0.39 is 0 Å². The van der Waals surface area contributed by atoms with Crippen molar-refractivity contribution in [2.75, 3.05) is 45.8 Å². The van der Waals surface area contributed by atoms with Crippen molar-refractivity contribution in [2.45, 2.75) is 32.4 Å². The molecule has 0 bridgehead atoms. The third-order valence-electron chi connectivity index (χ3n) is 5.69. The van der Waals surface area contributed by atoms with Gasteiger partial charge >= 0.3 is 0 Å². The van der Waals surface area contributed by atoms with E-state index in [4.69, 9.17) is 0 Å². The Morgan fingerprint density at radius 3 is 2.50 bits per heavy atom. The minimum atomic E-state index is 0.402. The number of nitrogens with zero attached hydrogens (tertiary/aromatic N) is 5. The second-order valence-corrected chi connectivity index (χ2v) is 7.58. The van der Waals surface area contributed by atoms with E-state index in [9.17, 15) is 0 Å². The summed E-state index contributed by atoms with van der Waals surface area (Å²) in [5.74, 6) is 1.90. The largest absolute Gasteiger partial charge is 0.300 e. The predicted molar refractivity (Wildman–Crippen MR) is 103 cm³/mol. The second kappa shape index (κ2) is 8.29. The average Bonchev–Trinajstić information content (AvgIpc) is 3.30. The molecule has 0 aliphatic carbocycles. The number of hydrogen-bond acceptors (Lipinski definition) is 5. The van der Waals surface area contributed by atoms with Crippen LogP contribution in [0.3, 0.4) is 0 Å². The van der Waals surface area contributed by atoms with Crippen LogP contribution >= 0.6 is 0 Å². The van der Waals surface area contributed by atoms with Gasteiger partial charge in [-0.25, -0.2) is 4.98 Å². The fourth-order valence-corrected chi connectivity index (χ4v) is 4.18. The summed E-state index contributed by atoms with van der Waals surface area (Å²) in [6.07, 6.45) is 2.44. The first-order valence-corrected chi connectivity index (χ1v) is 9.89. The van der Waals surface area contributed by atoms with Gasteiger partial charge in [0, 0.05) is 45.8 Å². The van der Waals surface area contributed by atoms with Crippen LogP contribution in [0.4, 0.5) is 0 Å². The van der Waals surface area contributed by atoms with Crippen molar-refractivity contribution in [3.05, 3.63) is 47.5 Å². The molecule has 2 aromatic rings. The van der Waals surface area contributed by atoms with E-state index >= 15 is 0 Å². The van der Waals surface area contributed by atoms with Gasteiger partial charge in [-0.15, -0.1) is 0 Å². The molecule has 1 N–H and O–H groups in total. The zero-order chi connectivity index (χ0) is 17.8.